The summed E-state index contributed by atoms with van der Waals surface area (Å²) in [4.78, 5) is 31.6. The van der Waals surface area contributed by atoms with Crippen LogP contribution >= 0.6 is 11.3 Å². The smallest absolute Gasteiger partial charge is 0.349 e. The summed E-state index contributed by atoms with van der Waals surface area (Å²) in [6.45, 7) is 2.55. The molecule has 0 spiro atoms. The molecule has 0 aliphatic carbocycles. The lowest BCUT2D eigenvalue weighted by atomic mass is 9.93. The number of alkyl halides is 3. The molecule has 36 heavy (non-hydrogen) atoms. The minimum atomic E-state index is -4.45. The van der Waals surface area contributed by atoms with Crippen LogP contribution in [-0.2, 0) is 6.54 Å². The maximum Gasteiger partial charge on any atom is 0.406 e. The van der Waals surface area contributed by atoms with Crippen LogP contribution in [0.5, 0.6) is 0 Å². The van der Waals surface area contributed by atoms with Crippen molar-refractivity contribution >= 4 is 34.2 Å². The Hall–Kier alpha value is -3.36. The van der Waals surface area contributed by atoms with E-state index < -0.39 is 18.6 Å². The van der Waals surface area contributed by atoms with Gasteiger partial charge in [-0.1, -0.05) is 18.8 Å². The van der Waals surface area contributed by atoms with Crippen molar-refractivity contribution in [2.75, 3.05) is 26.7 Å². The highest BCUT2D eigenvalue weighted by Crippen LogP contribution is 2.25. The fourth-order valence-corrected chi connectivity index (χ4v) is 4.94. The summed E-state index contributed by atoms with van der Waals surface area (Å²) in [6, 6.07) is 4.66. The van der Waals surface area contributed by atoms with Gasteiger partial charge in [-0.2, -0.15) is 24.5 Å². The molecule has 0 radical (unpaired) electrons. The van der Waals surface area contributed by atoms with Crippen LogP contribution in [0.3, 0.4) is 0 Å². The first kappa shape index (κ1) is 25.7. The lowest BCUT2D eigenvalue weighted by Crippen LogP contribution is -2.48. The summed E-state index contributed by atoms with van der Waals surface area (Å²) < 4.78 is 40.4. The normalized spacial score (nSPS) is 18.5. The second kappa shape index (κ2) is 10.7. The van der Waals surface area contributed by atoms with Gasteiger partial charge in [0.1, 0.15) is 12.1 Å². The largest absolute Gasteiger partial charge is 0.406 e. The molecule has 1 aliphatic rings. The van der Waals surface area contributed by atoms with Crippen LogP contribution in [0, 0.1) is 17.8 Å². The summed E-state index contributed by atoms with van der Waals surface area (Å²) in [5.41, 5.74) is 1.42. The molecule has 0 unspecified atom stereocenters. The Labute approximate surface area is 210 Å². The molecule has 3 aromatic rings. The second-order valence-electron chi connectivity index (χ2n) is 8.98. The van der Waals surface area contributed by atoms with Gasteiger partial charge in [0.2, 0.25) is 0 Å². The maximum absolute atomic E-state index is 13.3. The lowest BCUT2D eigenvalue weighted by Gasteiger charge is -2.35. The molecule has 3 heterocycles. The van der Waals surface area contributed by atoms with E-state index in [-0.39, 0.29) is 41.0 Å². The van der Waals surface area contributed by atoms with Gasteiger partial charge in [0.25, 0.3) is 11.8 Å². The van der Waals surface area contributed by atoms with Crippen molar-refractivity contribution in [2.24, 2.45) is 5.92 Å². The number of nitrogens with one attached hydrogen (secondary N) is 2. The van der Waals surface area contributed by atoms with Crippen molar-refractivity contribution in [1.29, 1.82) is 0 Å². The molecule has 2 amide bonds. The van der Waals surface area contributed by atoms with Gasteiger partial charge in [0.05, 0.1) is 29.5 Å². The van der Waals surface area contributed by atoms with Crippen LogP contribution in [0.4, 0.5) is 13.2 Å². The summed E-state index contributed by atoms with van der Waals surface area (Å²) in [5.74, 6) is 5.23. The fourth-order valence-electron chi connectivity index (χ4n) is 4.31. The first-order chi connectivity index (χ1) is 17.1. The molecule has 1 aliphatic heterocycles. The number of fused-ring (bicyclic) bond motifs is 1. The molecule has 4 rings (SSSR count). The van der Waals surface area contributed by atoms with E-state index in [4.69, 9.17) is 0 Å². The zero-order chi connectivity index (χ0) is 25.9. The Morgan fingerprint density at radius 2 is 2.08 bits per heavy atom. The highest BCUT2D eigenvalue weighted by molar-refractivity contribution is 7.08. The minimum absolute atomic E-state index is 0.0448. The second-order valence-corrected chi connectivity index (χ2v) is 9.76. The molecule has 1 saturated heterocycles. The van der Waals surface area contributed by atoms with Crippen molar-refractivity contribution in [3.63, 3.8) is 0 Å². The predicted molar refractivity (Wildman–Crippen MR) is 132 cm³/mol. The number of aromatic nitrogens is 2. The molecule has 0 saturated carbocycles. The van der Waals surface area contributed by atoms with Crippen molar-refractivity contribution in [3.8, 4) is 11.8 Å². The molecule has 7 nitrogen and oxygen atoms in total. The quantitative estimate of drug-likeness (QED) is 0.508. The van der Waals surface area contributed by atoms with Gasteiger partial charge in [-0.25, -0.2) is 4.98 Å². The Morgan fingerprint density at radius 1 is 1.28 bits per heavy atom. The van der Waals surface area contributed by atoms with Crippen molar-refractivity contribution in [1.82, 2.24) is 25.1 Å². The van der Waals surface area contributed by atoms with Crippen LogP contribution in [0.15, 0.2) is 35.3 Å². The van der Waals surface area contributed by atoms with Gasteiger partial charge in [0, 0.05) is 23.5 Å². The number of imidazole rings is 1. The molecule has 2 atom stereocenters. The fraction of sp³-hybridized carbons (Fsp3) is 0.400. The molecular weight excluding hydrogens is 491 g/mol. The number of halogens is 3. The van der Waals surface area contributed by atoms with Crippen molar-refractivity contribution in [3.05, 3.63) is 52.0 Å². The van der Waals surface area contributed by atoms with Crippen LogP contribution < -0.4 is 10.6 Å². The third-order valence-electron chi connectivity index (χ3n) is 6.10. The zero-order valence-electron chi connectivity index (χ0n) is 19.9. The third-order valence-corrected chi connectivity index (χ3v) is 6.78. The zero-order valence-corrected chi connectivity index (χ0v) is 20.7. The summed E-state index contributed by atoms with van der Waals surface area (Å²) in [5, 5.41) is 9.22. The number of carbonyl (C=O) groups is 2. The van der Waals surface area contributed by atoms with Crippen LogP contribution in [0.25, 0.3) is 11.0 Å². The van der Waals surface area contributed by atoms with E-state index >= 15 is 0 Å². The van der Waals surface area contributed by atoms with Crippen molar-refractivity contribution in [2.45, 2.75) is 32.1 Å². The Kier molecular flexibility index (Phi) is 7.66. The van der Waals surface area contributed by atoms with Gasteiger partial charge < -0.3 is 20.1 Å². The molecule has 11 heteroatoms. The topological polar surface area (TPSA) is 79.3 Å². The highest BCUT2D eigenvalue weighted by atomic mass is 32.1. The molecule has 190 valence electrons. The van der Waals surface area contributed by atoms with Crippen molar-refractivity contribution < 1.29 is 22.8 Å². The number of benzene rings is 1. The predicted octanol–water partition coefficient (Wildman–Crippen LogP) is 3.51. The highest BCUT2D eigenvalue weighted by Gasteiger charge is 2.30. The monoisotopic (exact) mass is 517 g/mol. The van der Waals surface area contributed by atoms with Gasteiger partial charge in [0.15, 0.2) is 0 Å². The average Bonchev–Trinajstić information content (AvgIpc) is 3.48. The Bertz CT molecular complexity index is 1310. The summed E-state index contributed by atoms with van der Waals surface area (Å²) in [7, 11) is 2.02. The Balaban J connectivity index is 1.60. The van der Waals surface area contributed by atoms with E-state index in [1.807, 2.05) is 7.05 Å². The number of carbonyl (C=O) groups excluding carboxylic acids is 2. The average molecular weight is 518 g/mol. The number of hydrogen-bond acceptors (Lipinski definition) is 5. The third kappa shape index (κ3) is 6.25. The maximum atomic E-state index is 13.3. The van der Waals surface area contributed by atoms with E-state index in [1.165, 1.54) is 23.5 Å². The molecule has 0 bridgehead atoms. The first-order valence-corrected chi connectivity index (χ1v) is 12.4. The van der Waals surface area contributed by atoms with Gasteiger partial charge in [-0.3, -0.25) is 9.59 Å². The number of rotatable bonds is 5. The molecule has 1 aromatic carbocycles. The number of piperidine rings is 1. The SMILES string of the molecule is C[C@H]1CN(C)CC[C@@H]1NC(=O)c1cc(C#CCNC(=O)c2ccsc2)cc2c1ncn2CC(F)(F)F. The molecule has 1 fully saturated rings. The summed E-state index contributed by atoms with van der Waals surface area (Å²) in [6.07, 6.45) is -2.59. The number of hydrogen-bond donors (Lipinski definition) is 2. The number of amides is 2. The number of likely N-dealkylation sites (tertiary alicyclic amines) is 1. The van der Waals surface area contributed by atoms with E-state index in [0.29, 0.717) is 11.1 Å². The van der Waals surface area contributed by atoms with Gasteiger partial charge in [-0.05, 0) is 49.5 Å². The standard InChI is InChI=1S/C25H26F3N5O2S/c1-16-12-32(2)8-5-20(16)31-24(35)19-10-17(4-3-7-29-23(34)18-6-9-36-13-18)11-21-22(19)30-15-33(21)14-25(26,27)28/h6,9-11,13,15-16,20H,5,7-8,12,14H2,1-2H3,(H,29,34)(H,31,35)/t16-,20-/m0/s1. The number of thiophene rings is 1. The van der Waals surface area contributed by atoms with Crippen LogP contribution in [0.2, 0.25) is 0 Å². The minimum Gasteiger partial charge on any atom is -0.349 e. The van der Waals surface area contributed by atoms with E-state index in [1.54, 1.807) is 16.8 Å². The Morgan fingerprint density at radius 3 is 2.78 bits per heavy atom. The van der Waals surface area contributed by atoms with E-state index in [9.17, 15) is 22.8 Å². The molecule has 2 aromatic heterocycles. The molecule has 2 N–H and O–H groups in total. The number of nitrogens with zero attached hydrogens (tertiary/aromatic N) is 3. The van der Waals surface area contributed by atoms with Crippen LogP contribution in [-0.4, -0.2) is 65.2 Å². The lowest BCUT2D eigenvalue weighted by molar-refractivity contribution is -0.139. The molecular formula is C25H26F3N5O2S. The van der Waals surface area contributed by atoms with Gasteiger partial charge in [-0.15, -0.1) is 0 Å². The van der Waals surface area contributed by atoms with Gasteiger partial charge >= 0.3 is 6.18 Å². The van der Waals surface area contributed by atoms with Crippen LogP contribution in [0.1, 0.15) is 39.6 Å². The van der Waals surface area contributed by atoms with E-state index in [2.05, 4.69) is 39.3 Å². The van der Waals surface area contributed by atoms with E-state index in [0.717, 1.165) is 30.4 Å². The first-order valence-electron chi connectivity index (χ1n) is 11.4. The summed E-state index contributed by atoms with van der Waals surface area (Å²) >= 11 is 1.40.